The summed E-state index contributed by atoms with van der Waals surface area (Å²) in [6.07, 6.45) is 10.7. The molecule has 1 N–H and O–H groups in total. The van der Waals surface area contributed by atoms with Gasteiger partial charge in [0.05, 0.1) is 18.8 Å². The first kappa shape index (κ1) is 19.9. The van der Waals surface area contributed by atoms with Crippen molar-refractivity contribution in [2.24, 2.45) is 4.99 Å². The van der Waals surface area contributed by atoms with E-state index < -0.39 is 0 Å². The number of rotatable bonds is 7. The maximum Gasteiger partial charge on any atom is 0.193 e. The van der Waals surface area contributed by atoms with Crippen molar-refractivity contribution in [3.63, 3.8) is 0 Å². The lowest BCUT2D eigenvalue weighted by Crippen LogP contribution is -2.48. The summed E-state index contributed by atoms with van der Waals surface area (Å²) in [4.78, 5) is 9.38. The molecule has 2 heterocycles. The number of aliphatic imine (C=N–C) groups is 1. The van der Waals surface area contributed by atoms with Gasteiger partial charge in [0.2, 0.25) is 0 Å². The summed E-state index contributed by atoms with van der Waals surface area (Å²) in [6.45, 7) is 5.78. The highest BCUT2D eigenvalue weighted by atomic mass is 16.5. The predicted molar refractivity (Wildman–Crippen MR) is 106 cm³/mol. The van der Waals surface area contributed by atoms with Gasteiger partial charge in [-0.2, -0.15) is 0 Å². The molecule has 0 aromatic carbocycles. The third-order valence-electron chi connectivity index (χ3n) is 6.19. The number of piperidine rings is 1. The summed E-state index contributed by atoms with van der Waals surface area (Å²) >= 11 is 0. The number of hydrogen-bond acceptors (Lipinski definition) is 4. The minimum Gasteiger partial charge on any atom is -0.376 e. The van der Waals surface area contributed by atoms with Crippen molar-refractivity contribution < 1.29 is 9.47 Å². The van der Waals surface area contributed by atoms with E-state index in [0.717, 1.165) is 70.7 Å². The number of nitrogens with zero attached hydrogens (tertiary/aromatic N) is 3. The number of nitrogens with one attached hydrogen (secondary N) is 1. The Morgan fingerprint density at radius 3 is 2.58 bits per heavy atom. The first-order valence-corrected chi connectivity index (χ1v) is 10.7. The van der Waals surface area contributed by atoms with Crippen molar-refractivity contribution in [1.29, 1.82) is 0 Å². The molecule has 6 heteroatoms. The minimum absolute atomic E-state index is 0.333. The van der Waals surface area contributed by atoms with Gasteiger partial charge in [-0.3, -0.25) is 4.99 Å². The zero-order valence-electron chi connectivity index (χ0n) is 16.8. The Kier molecular flexibility index (Phi) is 8.02. The van der Waals surface area contributed by atoms with Crippen LogP contribution in [-0.2, 0) is 9.47 Å². The van der Waals surface area contributed by atoms with Crippen LogP contribution >= 0.6 is 0 Å². The van der Waals surface area contributed by atoms with Gasteiger partial charge in [-0.05, 0) is 45.6 Å². The molecule has 0 aromatic heterocycles. The van der Waals surface area contributed by atoms with Crippen molar-refractivity contribution >= 4 is 5.96 Å². The Bertz CT molecular complexity index is 426. The second-order valence-electron chi connectivity index (χ2n) is 8.05. The molecule has 6 nitrogen and oxygen atoms in total. The largest absolute Gasteiger partial charge is 0.376 e. The van der Waals surface area contributed by atoms with Crippen LogP contribution in [0.3, 0.4) is 0 Å². The van der Waals surface area contributed by atoms with Crippen LogP contribution in [0.15, 0.2) is 4.99 Å². The van der Waals surface area contributed by atoms with Crippen LogP contribution in [0.25, 0.3) is 0 Å². The number of guanidine groups is 1. The molecular weight excluding hydrogens is 328 g/mol. The Morgan fingerprint density at radius 1 is 1.15 bits per heavy atom. The van der Waals surface area contributed by atoms with Gasteiger partial charge in [-0.15, -0.1) is 0 Å². The van der Waals surface area contributed by atoms with Crippen molar-refractivity contribution in [1.82, 2.24) is 15.1 Å². The lowest BCUT2D eigenvalue weighted by atomic mass is 10.1. The molecule has 0 aromatic rings. The average molecular weight is 367 g/mol. The molecule has 1 saturated carbocycles. The molecule has 0 amide bonds. The van der Waals surface area contributed by atoms with Gasteiger partial charge in [0.25, 0.3) is 0 Å². The van der Waals surface area contributed by atoms with Crippen LogP contribution in [0.5, 0.6) is 0 Å². The van der Waals surface area contributed by atoms with Crippen LogP contribution in [-0.4, -0.2) is 87.5 Å². The maximum absolute atomic E-state index is 6.08. The highest BCUT2D eigenvalue weighted by Crippen LogP contribution is 2.22. The number of hydrogen-bond donors (Lipinski definition) is 1. The van der Waals surface area contributed by atoms with Crippen molar-refractivity contribution in [2.45, 2.75) is 69.6 Å². The Hall–Kier alpha value is -0.850. The van der Waals surface area contributed by atoms with Crippen molar-refractivity contribution in [3.05, 3.63) is 0 Å². The summed E-state index contributed by atoms with van der Waals surface area (Å²) in [7, 11) is 4.15. The number of likely N-dealkylation sites (tertiary alicyclic amines) is 1. The number of likely N-dealkylation sites (N-methyl/N-ethyl adjacent to an activating group) is 1. The molecule has 0 spiro atoms. The third kappa shape index (κ3) is 5.83. The Balaban J connectivity index is 1.31. The smallest absolute Gasteiger partial charge is 0.193 e. The average Bonchev–Trinajstić information content (AvgIpc) is 3.38. The van der Waals surface area contributed by atoms with E-state index in [1.165, 1.54) is 32.1 Å². The molecule has 1 aliphatic carbocycles. The van der Waals surface area contributed by atoms with Gasteiger partial charge < -0.3 is 24.6 Å². The second-order valence-corrected chi connectivity index (χ2v) is 8.05. The molecule has 2 saturated heterocycles. The monoisotopic (exact) mass is 366 g/mol. The zero-order valence-corrected chi connectivity index (χ0v) is 16.8. The van der Waals surface area contributed by atoms with E-state index in [-0.39, 0.29) is 0 Å². The standard InChI is InChI=1S/C20H38N4O2/c1-21-20(22-11-14-23(2)17-6-3-4-7-17)24-12-9-18(10-13-24)26-16-19-8-5-15-25-19/h17-19H,3-16H2,1-2H3,(H,21,22). The minimum atomic E-state index is 0.333. The zero-order chi connectivity index (χ0) is 18.2. The van der Waals surface area contributed by atoms with E-state index in [1.54, 1.807) is 0 Å². The first-order chi connectivity index (χ1) is 12.8. The maximum atomic E-state index is 6.08. The summed E-state index contributed by atoms with van der Waals surface area (Å²) in [6, 6.07) is 0.788. The molecule has 3 rings (SSSR count). The highest BCUT2D eigenvalue weighted by molar-refractivity contribution is 5.79. The summed E-state index contributed by atoms with van der Waals surface area (Å²) in [5, 5.41) is 3.56. The molecular formula is C20H38N4O2. The molecule has 26 heavy (non-hydrogen) atoms. The summed E-state index contributed by atoms with van der Waals surface area (Å²) in [5.41, 5.74) is 0. The SMILES string of the molecule is CN=C(NCCN(C)C1CCCC1)N1CCC(OCC2CCCO2)CC1. The van der Waals surface area contributed by atoms with Crippen LogP contribution in [0.4, 0.5) is 0 Å². The van der Waals surface area contributed by atoms with E-state index in [2.05, 4.69) is 27.2 Å². The van der Waals surface area contributed by atoms with Crippen molar-refractivity contribution in [2.75, 3.05) is 53.5 Å². The van der Waals surface area contributed by atoms with Crippen LogP contribution < -0.4 is 5.32 Å². The molecule has 0 bridgehead atoms. The molecule has 150 valence electrons. The van der Waals surface area contributed by atoms with E-state index in [4.69, 9.17) is 9.47 Å². The lowest BCUT2D eigenvalue weighted by Gasteiger charge is -2.34. The van der Waals surface area contributed by atoms with E-state index in [1.807, 2.05) is 7.05 Å². The van der Waals surface area contributed by atoms with Crippen LogP contribution in [0, 0.1) is 0 Å². The molecule has 1 unspecified atom stereocenters. The predicted octanol–water partition coefficient (Wildman–Crippen LogP) is 2.10. The van der Waals surface area contributed by atoms with Gasteiger partial charge >= 0.3 is 0 Å². The molecule has 0 radical (unpaired) electrons. The normalized spacial score (nSPS) is 26.2. The van der Waals surface area contributed by atoms with Crippen LogP contribution in [0.2, 0.25) is 0 Å². The third-order valence-corrected chi connectivity index (χ3v) is 6.19. The molecule has 3 fully saturated rings. The quantitative estimate of drug-likeness (QED) is 0.552. The van der Waals surface area contributed by atoms with Gasteiger partial charge in [0.1, 0.15) is 0 Å². The van der Waals surface area contributed by atoms with Gasteiger partial charge in [0, 0.05) is 45.9 Å². The van der Waals surface area contributed by atoms with E-state index in [0.29, 0.717) is 12.2 Å². The lowest BCUT2D eigenvalue weighted by molar-refractivity contribution is -0.0367. The fraction of sp³-hybridized carbons (Fsp3) is 0.950. The molecule has 3 aliphatic rings. The van der Waals surface area contributed by atoms with Crippen molar-refractivity contribution in [3.8, 4) is 0 Å². The molecule has 2 aliphatic heterocycles. The second kappa shape index (κ2) is 10.5. The molecule has 1 atom stereocenters. The number of ether oxygens (including phenoxy) is 2. The van der Waals surface area contributed by atoms with E-state index in [9.17, 15) is 0 Å². The highest BCUT2D eigenvalue weighted by Gasteiger charge is 2.24. The first-order valence-electron chi connectivity index (χ1n) is 10.7. The Labute approximate surface area is 159 Å². The fourth-order valence-corrected chi connectivity index (χ4v) is 4.46. The van der Waals surface area contributed by atoms with Crippen LogP contribution in [0.1, 0.15) is 51.4 Å². The fourth-order valence-electron chi connectivity index (χ4n) is 4.46. The van der Waals surface area contributed by atoms with E-state index >= 15 is 0 Å². The van der Waals surface area contributed by atoms with Gasteiger partial charge in [-0.1, -0.05) is 12.8 Å². The topological polar surface area (TPSA) is 49.3 Å². The van der Waals surface area contributed by atoms with Gasteiger partial charge in [-0.25, -0.2) is 0 Å². The Morgan fingerprint density at radius 2 is 1.92 bits per heavy atom. The van der Waals surface area contributed by atoms with Gasteiger partial charge in [0.15, 0.2) is 5.96 Å². The summed E-state index contributed by atoms with van der Waals surface area (Å²) < 4.78 is 11.7. The summed E-state index contributed by atoms with van der Waals surface area (Å²) in [5.74, 6) is 1.04.